The van der Waals surface area contributed by atoms with Crippen LogP contribution >= 0.6 is 0 Å². The lowest BCUT2D eigenvalue weighted by Crippen LogP contribution is -2.54. The van der Waals surface area contributed by atoms with Gasteiger partial charge in [-0.2, -0.15) is 0 Å². The molecule has 0 aromatic heterocycles. The van der Waals surface area contributed by atoms with E-state index in [9.17, 15) is 9.59 Å². The molecule has 1 aliphatic rings. The molecule has 2 unspecified atom stereocenters. The summed E-state index contributed by atoms with van der Waals surface area (Å²) in [7, 11) is 1.47. The largest absolute Gasteiger partial charge is 0.480 e. The molecule has 6 heteroatoms. The molecular formula is C10H18N2O4. The van der Waals surface area contributed by atoms with E-state index in [1.807, 2.05) is 6.92 Å². The van der Waals surface area contributed by atoms with Crippen molar-refractivity contribution in [1.29, 1.82) is 0 Å². The van der Waals surface area contributed by atoms with Crippen LogP contribution in [0, 0.1) is 0 Å². The van der Waals surface area contributed by atoms with Gasteiger partial charge in [0.05, 0.1) is 12.1 Å². The second-order valence-corrected chi connectivity index (χ2v) is 4.42. The highest BCUT2D eigenvalue weighted by atomic mass is 16.5. The van der Waals surface area contributed by atoms with Crippen molar-refractivity contribution in [2.24, 2.45) is 0 Å². The van der Waals surface area contributed by atoms with E-state index in [0.717, 1.165) is 6.42 Å². The average Bonchev–Trinajstić information content (AvgIpc) is 2.62. The predicted octanol–water partition coefficient (Wildman–Crippen LogP) is 0.280. The van der Waals surface area contributed by atoms with Crippen molar-refractivity contribution in [2.45, 2.75) is 31.8 Å². The second-order valence-electron chi connectivity index (χ2n) is 4.42. The standard InChI is InChI=1S/C10H18N2O4/c1-7(8(13)14)12(3)9(15)11-10(2)4-5-16-6-10/h7H,4-6H2,1-3H3,(H,11,15)(H,13,14). The number of likely N-dealkylation sites (N-methyl/N-ethyl adjacent to an activating group) is 1. The first kappa shape index (κ1) is 12.8. The second kappa shape index (κ2) is 4.69. The summed E-state index contributed by atoms with van der Waals surface area (Å²) in [5.41, 5.74) is -0.385. The Morgan fingerprint density at radius 3 is 2.62 bits per heavy atom. The molecule has 0 aromatic carbocycles. The molecular weight excluding hydrogens is 212 g/mol. The van der Waals surface area contributed by atoms with Crippen molar-refractivity contribution in [3.63, 3.8) is 0 Å². The highest BCUT2D eigenvalue weighted by Gasteiger charge is 2.33. The summed E-state index contributed by atoms with van der Waals surface area (Å²) in [6.45, 7) is 4.44. The first-order chi connectivity index (χ1) is 7.36. The number of carbonyl (C=O) groups is 2. The molecule has 1 heterocycles. The molecule has 0 aromatic rings. The molecule has 92 valence electrons. The van der Waals surface area contributed by atoms with Gasteiger partial charge >= 0.3 is 12.0 Å². The number of carbonyl (C=O) groups excluding carboxylic acids is 1. The zero-order chi connectivity index (χ0) is 12.3. The Morgan fingerprint density at radius 1 is 1.56 bits per heavy atom. The van der Waals surface area contributed by atoms with E-state index in [-0.39, 0.29) is 11.6 Å². The molecule has 6 nitrogen and oxygen atoms in total. The maximum absolute atomic E-state index is 11.7. The third kappa shape index (κ3) is 2.85. The maximum atomic E-state index is 11.7. The summed E-state index contributed by atoms with van der Waals surface area (Å²) >= 11 is 0. The fraction of sp³-hybridized carbons (Fsp3) is 0.800. The van der Waals surface area contributed by atoms with Gasteiger partial charge in [-0.3, -0.25) is 0 Å². The van der Waals surface area contributed by atoms with E-state index in [1.165, 1.54) is 18.9 Å². The summed E-state index contributed by atoms with van der Waals surface area (Å²) in [4.78, 5) is 23.6. The van der Waals surface area contributed by atoms with Crippen LogP contribution in [-0.2, 0) is 9.53 Å². The monoisotopic (exact) mass is 230 g/mol. The van der Waals surface area contributed by atoms with E-state index < -0.39 is 12.0 Å². The van der Waals surface area contributed by atoms with E-state index in [4.69, 9.17) is 9.84 Å². The molecule has 0 spiro atoms. The van der Waals surface area contributed by atoms with E-state index >= 15 is 0 Å². The highest BCUT2D eigenvalue weighted by Crippen LogP contribution is 2.17. The predicted molar refractivity (Wildman–Crippen MR) is 57.2 cm³/mol. The van der Waals surface area contributed by atoms with E-state index in [0.29, 0.717) is 13.2 Å². The summed E-state index contributed by atoms with van der Waals surface area (Å²) in [5.74, 6) is -1.02. The Morgan fingerprint density at radius 2 is 2.19 bits per heavy atom. The SMILES string of the molecule is CC(C(=O)O)N(C)C(=O)NC1(C)CCOC1. The van der Waals surface area contributed by atoms with Crippen molar-refractivity contribution in [2.75, 3.05) is 20.3 Å². The maximum Gasteiger partial charge on any atom is 0.326 e. The molecule has 0 saturated carbocycles. The van der Waals surface area contributed by atoms with Gasteiger partial charge in [0.2, 0.25) is 0 Å². The Hall–Kier alpha value is -1.30. The molecule has 1 rings (SSSR count). The number of carboxylic acids is 1. The number of aliphatic carboxylic acids is 1. The summed E-state index contributed by atoms with van der Waals surface area (Å²) in [6, 6.07) is -1.23. The van der Waals surface area contributed by atoms with Gasteiger partial charge in [0, 0.05) is 13.7 Å². The molecule has 1 fully saturated rings. The van der Waals surface area contributed by atoms with Crippen LogP contribution in [0.4, 0.5) is 4.79 Å². The highest BCUT2D eigenvalue weighted by molar-refractivity contribution is 5.82. The molecule has 2 amide bonds. The number of nitrogens with zero attached hydrogens (tertiary/aromatic N) is 1. The molecule has 0 aliphatic carbocycles. The van der Waals surface area contributed by atoms with E-state index in [1.54, 1.807) is 0 Å². The zero-order valence-electron chi connectivity index (χ0n) is 9.82. The Kier molecular flexibility index (Phi) is 3.74. The molecule has 2 atom stereocenters. The minimum atomic E-state index is -1.02. The van der Waals surface area contributed by atoms with Gasteiger partial charge < -0.3 is 20.1 Å². The molecule has 1 aliphatic heterocycles. The minimum absolute atomic E-state index is 0.385. The first-order valence-corrected chi connectivity index (χ1v) is 5.21. The van der Waals surface area contributed by atoms with Gasteiger partial charge in [0.1, 0.15) is 6.04 Å². The topological polar surface area (TPSA) is 78.9 Å². The van der Waals surface area contributed by atoms with Crippen molar-refractivity contribution in [3.05, 3.63) is 0 Å². The molecule has 2 N–H and O–H groups in total. The minimum Gasteiger partial charge on any atom is -0.480 e. The van der Waals surface area contributed by atoms with Gasteiger partial charge in [-0.15, -0.1) is 0 Å². The lowest BCUT2D eigenvalue weighted by atomic mass is 10.0. The first-order valence-electron chi connectivity index (χ1n) is 5.21. The van der Waals surface area contributed by atoms with E-state index in [2.05, 4.69) is 5.32 Å². The third-order valence-corrected chi connectivity index (χ3v) is 2.89. The van der Waals surface area contributed by atoms with Crippen LogP contribution in [0.3, 0.4) is 0 Å². The van der Waals surface area contributed by atoms with Crippen LogP contribution in [0.2, 0.25) is 0 Å². The fourth-order valence-corrected chi connectivity index (χ4v) is 1.45. The van der Waals surface area contributed by atoms with Gasteiger partial charge in [-0.05, 0) is 20.3 Å². The van der Waals surface area contributed by atoms with Crippen LogP contribution < -0.4 is 5.32 Å². The van der Waals surface area contributed by atoms with Crippen LogP contribution in [0.15, 0.2) is 0 Å². The van der Waals surface area contributed by atoms with Crippen molar-refractivity contribution in [3.8, 4) is 0 Å². The fourth-order valence-electron chi connectivity index (χ4n) is 1.45. The van der Waals surface area contributed by atoms with Crippen LogP contribution in [0.5, 0.6) is 0 Å². The van der Waals surface area contributed by atoms with Crippen molar-refractivity contribution >= 4 is 12.0 Å². The Bertz CT molecular complexity index is 287. The molecule has 16 heavy (non-hydrogen) atoms. The summed E-state index contributed by atoms with van der Waals surface area (Å²) < 4.78 is 5.20. The number of rotatable bonds is 3. The molecule has 1 saturated heterocycles. The van der Waals surface area contributed by atoms with Crippen LogP contribution in [0.1, 0.15) is 20.3 Å². The van der Waals surface area contributed by atoms with Crippen molar-refractivity contribution < 1.29 is 19.4 Å². The normalized spacial score (nSPS) is 26.2. The quantitative estimate of drug-likeness (QED) is 0.730. The smallest absolute Gasteiger partial charge is 0.326 e. The van der Waals surface area contributed by atoms with Gasteiger partial charge in [-0.1, -0.05) is 0 Å². The van der Waals surface area contributed by atoms with Gasteiger partial charge in [-0.25, -0.2) is 9.59 Å². The number of urea groups is 1. The number of carboxylic acid groups (broad SMARTS) is 1. The van der Waals surface area contributed by atoms with Gasteiger partial charge in [0.25, 0.3) is 0 Å². The Balaban J connectivity index is 2.54. The van der Waals surface area contributed by atoms with Crippen molar-refractivity contribution in [1.82, 2.24) is 10.2 Å². The molecule has 0 bridgehead atoms. The lowest BCUT2D eigenvalue weighted by molar-refractivity contribution is -0.141. The Labute approximate surface area is 94.6 Å². The number of amides is 2. The molecule has 0 radical (unpaired) electrons. The number of ether oxygens (including phenoxy) is 1. The number of nitrogens with one attached hydrogen (secondary N) is 1. The third-order valence-electron chi connectivity index (χ3n) is 2.89. The van der Waals surface area contributed by atoms with Gasteiger partial charge in [0.15, 0.2) is 0 Å². The number of hydrogen-bond acceptors (Lipinski definition) is 3. The van der Waals surface area contributed by atoms with Crippen LogP contribution in [-0.4, -0.2) is 53.8 Å². The summed E-state index contributed by atoms with van der Waals surface area (Å²) in [6.07, 6.45) is 0.744. The average molecular weight is 230 g/mol. The number of hydrogen-bond donors (Lipinski definition) is 2. The van der Waals surface area contributed by atoms with Crippen LogP contribution in [0.25, 0.3) is 0 Å². The zero-order valence-corrected chi connectivity index (χ0v) is 9.82. The lowest BCUT2D eigenvalue weighted by Gasteiger charge is -2.29. The summed E-state index contributed by atoms with van der Waals surface area (Å²) in [5, 5.41) is 11.6.